The molecule has 0 aliphatic heterocycles. The molecule has 150 valence electrons. The Labute approximate surface area is 168 Å². The smallest absolute Gasteiger partial charge is 0.308 e. The first kappa shape index (κ1) is 20.6. The number of aromatic nitrogens is 1. The van der Waals surface area contributed by atoms with Crippen molar-refractivity contribution in [3.63, 3.8) is 0 Å². The van der Waals surface area contributed by atoms with E-state index in [9.17, 15) is 13.2 Å². The summed E-state index contributed by atoms with van der Waals surface area (Å²) in [5.41, 5.74) is 1.74. The van der Waals surface area contributed by atoms with Gasteiger partial charge in [0.15, 0.2) is 0 Å². The summed E-state index contributed by atoms with van der Waals surface area (Å²) in [6, 6.07) is 12.0. The number of thiazole rings is 1. The molecule has 0 saturated heterocycles. The number of rotatable bonds is 7. The average Bonchev–Trinajstić information content (AvgIpc) is 2.95. The highest BCUT2D eigenvalue weighted by Gasteiger charge is 2.20. The standard InChI is InChI=1S/C20H24N2O4S2/c1-13(2)22-17-10-9-16(11-19(17)27-20(22)23)28(24,25)21-15(4)12-26-18-8-6-5-7-14(18)3/h5-11,13,15,21H,12H2,1-4H3. The minimum Gasteiger partial charge on any atom is -0.492 e. The lowest BCUT2D eigenvalue weighted by Gasteiger charge is -2.16. The number of ether oxygens (including phenoxy) is 1. The van der Waals surface area contributed by atoms with Crippen LogP contribution in [0.15, 0.2) is 52.2 Å². The molecule has 0 bridgehead atoms. The third kappa shape index (κ3) is 4.29. The number of hydrogen-bond donors (Lipinski definition) is 1. The minimum atomic E-state index is -3.72. The third-order valence-electron chi connectivity index (χ3n) is 4.35. The van der Waals surface area contributed by atoms with E-state index in [0.717, 1.165) is 28.2 Å². The van der Waals surface area contributed by atoms with Crippen LogP contribution in [0.3, 0.4) is 0 Å². The van der Waals surface area contributed by atoms with Crippen LogP contribution in [0.5, 0.6) is 5.75 Å². The van der Waals surface area contributed by atoms with E-state index >= 15 is 0 Å². The Kier molecular flexibility index (Phi) is 5.92. The van der Waals surface area contributed by atoms with E-state index in [1.165, 1.54) is 6.07 Å². The van der Waals surface area contributed by atoms with Gasteiger partial charge in [-0.2, -0.15) is 0 Å². The van der Waals surface area contributed by atoms with Crippen molar-refractivity contribution in [3.05, 3.63) is 57.7 Å². The van der Waals surface area contributed by atoms with Gasteiger partial charge in [-0.3, -0.25) is 9.36 Å². The Balaban J connectivity index is 1.77. The van der Waals surface area contributed by atoms with Crippen molar-refractivity contribution < 1.29 is 13.2 Å². The van der Waals surface area contributed by atoms with Gasteiger partial charge in [0.05, 0.1) is 21.2 Å². The van der Waals surface area contributed by atoms with Crippen molar-refractivity contribution in [1.82, 2.24) is 9.29 Å². The fraction of sp³-hybridized carbons (Fsp3) is 0.350. The second-order valence-corrected chi connectivity index (χ2v) is 9.77. The summed E-state index contributed by atoms with van der Waals surface area (Å²) in [6.07, 6.45) is 0. The lowest BCUT2D eigenvalue weighted by Crippen LogP contribution is -2.36. The van der Waals surface area contributed by atoms with Crippen molar-refractivity contribution in [1.29, 1.82) is 0 Å². The first-order chi connectivity index (χ1) is 13.2. The maximum Gasteiger partial charge on any atom is 0.308 e. The van der Waals surface area contributed by atoms with Gasteiger partial charge in [0, 0.05) is 6.04 Å². The molecule has 0 aliphatic rings. The Bertz CT molecular complexity index is 1150. The average molecular weight is 421 g/mol. The van der Waals surface area contributed by atoms with E-state index in [1.807, 2.05) is 45.0 Å². The summed E-state index contributed by atoms with van der Waals surface area (Å²) in [5.74, 6) is 0.731. The molecule has 0 aliphatic carbocycles. The van der Waals surface area contributed by atoms with E-state index in [4.69, 9.17) is 4.74 Å². The molecule has 1 heterocycles. The van der Waals surface area contributed by atoms with Gasteiger partial charge in [-0.1, -0.05) is 29.5 Å². The first-order valence-corrected chi connectivity index (χ1v) is 11.3. The summed E-state index contributed by atoms with van der Waals surface area (Å²) in [5, 5.41) is 0. The van der Waals surface area contributed by atoms with Gasteiger partial charge in [-0.25, -0.2) is 13.1 Å². The Hall–Kier alpha value is -2.16. The quantitative estimate of drug-likeness (QED) is 0.632. The number of aryl methyl sites for hydroxylation is 1. The molecule has 28 heavy (non-hydrogen) atoms. The molecular weight excluding hydrogens is 396 g/mol. The van der Waals surface area contributed by atoms with Crippen molar-refractivity contribution in [2.24, 2.45) is 0 Å². The number of nitrogens with one attached hydrogen (secondary N) is 1. The monoisotopic (exact) mass is 420 g/mol. The maximum atomic E-state index is 12.7. The lowest BCUT2D eigenvalue weighted by molar-refractivity contribution is 0.286. The number of nitrogens with zero attached hydrogens (tertiary/aromatic N) is 1. The number of fused-ring (bicyclic) bond motifs is 1. The van der Waals surface area contributed by atoms with Crippen LogP contribution in [-0.2, 0) is 10.0 Å². The maximum absolute atomic E-state index is 12.7. The van der Waals surface area contributed by atoms with Gasteiger partial charge in [0.2, 0.25) is 10.0 Å². The molecule has 8 heteroatoms. The molecule has 1 atom stereocenters. The Morgan fingerprint density at radius 2 is 1.86 bits per heavy atom. The van der Waals surface area contributed by atoms with Gasteiger partial charge in [-0.05, 0) is 57.5 Å². The molecule has 0 amide bonds. The van der Waals surface area contributed by atoms with E-state index in [1.54, 1.807) is 23.6 Å². The van der Waals surface area contributed by atoms with Crippen LogP contribution in [0.4, 0.5) is 0 Å². The SMILES string of the molecule is Cc1ccccc1OCC(C)NS(=O)(=O)c1ccc2c(c1)sc(=O)n2C(C)C. The van der Waals surface area contributed by atoms with Gasteiger partial charge in [0.25, 0.3) is 0 Å². The van der Waals surface area contributed by atoms with Gasteiger partial charge in [-0.15, -0.1) is 0 Å². The predicted molar refractivity (Wildman–Crippen MR) is 113 cm³/mol. The molecule has 6 nitrogen and oxygen atoms in total. The van der Waals surface area contributed by atoms with Crippen LogP contribution >= 0.6 is 11.3 Å². The number of para-hydroxylation sites is 1. The normalized spacial score (nSPS) is 13.2. The molecule has 0 radical (unpaired) electrons. The summed E-state index contributed by atoms with van der Waals surface area (Å²) < 4.78 is 36.2. The predicted octanol–water partition coefficient (Wildman–Crippen LogP) is 3.70. The highest BCUT2D eigenvalue weighted by atomic mass is 32.2. The molecule has 2 aromatic carbocycles. The zero-order valence-electron chi connectivity index (χ0n) is 16.3. The van der Waals surface area contributed by atoms with Crippen molar-refractivity contribution in [3.8, 4) is 5.75 Å². The molecule has 3 aromatic rings. The second-order valence-electron chi connectivity index (χ2n) is 7.06. The van der Waals surface area contributed by atoms with E-state index in [0.29, 0.717) is 4.70 Å². The topological polar surface area (TPSA) is 77.4 Å². The summed E-state index contributed by atoms with van der Waals surface area (Å²) in [4.78, 5) is 12.2. The van der Waals surface area contributed by atoms with E-state index in [-0.39, 0.29) is 22.4 Å². The van der Waals surface area contributed by atoms with Crippen molar-refractivity contribution in [2.75, 3.05) is 6.61 Å². The van der Waals surface area contributed by atoms with Gasteiger partial charge in [0.1, 0.15) is 12.4 Å². The van der Waals surface area contributed by atoms with Crippen LogP contribution in [-0.4, -0.2) is 25.6 Å². The largest absolute Gasteiger partial charge is 0.492 e. The molecule has 1 N–H and O–H groups in total. The Morgan fingerprint density at radius 3 is 2.54 bits per heavy atom. The molecule has 0 saturated carbocycles. The van der Waals surface area contributed by atoms with E-state index in [2.05, 4.69) is 4.72 Å². The van der Waals surface area contributed by atoms with Crippen molar-refractivity contribution in [2.45, 2.75) is 44.7 Å². The van der Waals surface area contributed by atoms with Crippen molar-refractivity contribution >= 4 is 31.6 Å². The number of sulfonamides is 1. The molecule has 1 aromatic heterocycles. The van der Waals surface area contributed by atoms with Crippen LogP contribution in [0.2, 0.25) is 0 Å². The van der Waals surface area contributed by atoms with Crippen LogP contribution in [0.25, 0.3) is 10.2 Å². The molecule has 0 spiro atoms. The van der Waals surface area contributed by atoms with Crippen LogP contribution in [0, 0.1) is 6.92 Å². The van der Waals surface area contributed by atoms with E-state index < -0.39 is 16.1 Å². The van der Waals surface area contributed by atoms with Crippen LogP contribution in [0.1, 0.15) is 32.4 Å². The Morgan fingerprint density at radius 1 is 1.14 bits per heavy atom. The minimum absolute atomic E-state index is 0.0143. The highest BCUT2D eigenvalue weighted by molar-refractivity contribution is 7.89. The zero-order valence-corrected chi connectivity index (χ0v) is 17.9. The van der Waals surface area contributed by atoms with Gasteiger partial charge >= 0.3 is 4.87 Å². The third-order valence-corrected chi connectivity index (χ3v) is 6.86. The summed E-state index contributed by atoms with van der Waals surface area (Å²) >= 11 is 1.06. The lowest BCUT2D eigenvalue weighted by atomic mass is 10.2. The fourth-order valence-electron chi connectivity index (χ4n) is 2.97. The molecule has 0 fully saturated rings. The van der Waals surface area contributed by atoms with Crippen LogP contribution < -0.4 is 14.3 Å². The summed E-state index contributed by atoms with van der Waals surface area (Å²) in [6.45, 7) is 7.76. The van der Waals surface area contributed by atoms with Gasteiger partial charge < -0.3 is 4.74 Å². The number of benzene rings is 2. The zero-order chi connectivity index (χ0) is 20.5. The summed E-state index contributed by atoms with van der Waals surface area (Å²) in [7, 11) is -3.72. The molecule has 3 rings (SSSR count). The molecular formula is C20H24N2O4S2. The highest BCUT2D eigenvalue weighted by Crippen LogP contribution is 2.24. The number of hydrogen-bond acceptors (Lipinski definition) is 5. The fourth-order valence-corrected chi connectivity index (χ4v) is 5.35. The second kappa shape index (κ2) is 8.06. The first-order valence-electron chi connectivity index (χ1n) is 9.05. The molecule has 1 unspecified atom stereocenters.